The highest BCUT2D eigenvalue weighted by Crippen LogP contribution is 2.42. The van der Waals surface area contributed by atoms with Gasteiger partial charge in [0.1, 0.15) is 5.75 Å². The number of hydrogen-bond acceptors (Lipinski definition) is 2. The molecule has 0 aromatic heterocycles. The number of ether oxygens (including phenoxy) is 1. The molecule has 0 aliphatic heterocycles. The predicted octanol–water partition coefficient (Wildman–Crippen LogP) is 3.07. The Kier molecular flexibility index (Phi) is 3.83. The summed E-state index contributed by atoms with van der Waals surface area (Å²) < 4.78 is 5.29. The fourth-order valence-corrected chi connectivity index (χ4v) is 2.05. The van der Waals surface area contributed by atoms with E-state index < -0.39 is 0 Å². The van der Waals surface area contributed by atoms with Gasteiger partial charge in [0.25, 0.3) is 0 Å². The van der Waals surface area contributed by atoms with Crippen molar-refractivity contribution < 1.29 is 4.74 Å². The topological polar surface area (TPSA) is 21.3 Å². The van der Waals surface area contributed by atoms with Crippen molar-refractivity contribution in [1.29, 1.82) is 0 Å². The summed E-state index contributed by atoms with van der Waals surface area (Å²) in [5.74, 6) is 1.78. The van der Waals surface area contributed by atoms with Crippen LogP contribution in [0.5, 0.6) is 5.75 Å². The van der Waals surface area contributed by atoms with Gasteiger partial charge in [0.05, 0.1) is 7.11 Å². The van der Waals surface area contributed by atoms with Crippen LogP contribution in [-0.2, 0) is 6.54 Å². The summed E-state index contributed by atoms with van der Waals surface area (Å²) in [5.41, 5.74) is 2.93. The van der Waals surface area contributed by atoms with Gasteiger partial charge in [-0.2, -0.15) is 0 Å². The number of methoxy groups -OCH3 is 1. The van der Waals surface area contributed by atoms with Crippen LogP contribution < -0.4 is 10.1 Å². The SMILES string of the molecule is CCCNCc1cc(OC)ccc1C1CC1. The largest absolute Gasteiger partial charge is 0.497 e. The zero-order valence-electron chi connectivity index (χ0n) is 10.3. The van der Waals surface area contributed by atoms with Crippen LogP contribution in [0, 0.1) is 0 Å². The Morgan fingerprint density at radius 2 is 2.19 bits per heavy atom. The van der Waals surface area contributed by atoms with E-state index >= 15 is 0 Å². The molecule has 0 unspecified atom stereocenters. The van der Waals surface area contributed by atoms with Gasteiger partial charge in [-0.1, -0.05) is 13.0 Å². The first kappa shape index (κ1) is 11.5. The van der Waals surface area contributed by atoms with Crippen LogP contribution >= 0.6 is 0 Å². The Balaban J connectivity index is 2.10. The van der Waals surface area contributed by atoms with Crippen molar-refractivity contribution in [3.05, 3.63) is 29.3 Å². The zero-order chi connectivity index (χ0) is 11.4. The minimum absolute atomic E-state index is 0.810. The van der Waals surface area contributed by atoms with Crippen molar-refractivity contribution in [2.75, 3.05) is 13.7 Å². The van der Waals surface area contributed by atoms with E-state index in [1.807, 2.05) is 0 Å². The van der Waals surface area contributed by atoms with Gasteiger partial charge >= 0.3 is 0 Å². The molecule has 2 heteroatoms. The summed E-state index contributed by atoms with van der Waals surface area (Å²) in [7, 11) is 1.73. The average Bonchev–Trinajstić information content (AvgIpc) is 3.13. The average molecular weight is 219 g/mol. The molecule has 0 bridgehead atoms. The minimum atomic E-state index is 0.810. The molecule has 1 aliphatic rings. The van der Waals surface area contributed by atoms with E-state index in [0.29, 0.717) is 0 Å². The molecule has 0 atom stereocenters. The van der Waals surface area contributed by atoms with Crippen LogP contribution in [-0.4, -0.2) is 13.7 Å². The molecule has 1 aromatic rings. The summed E-state index contributed by atoms with van der Waals surface area (Å²) in [6.45, 7) is 4.25. The maximum absolute atomic E-state index is 5.29. The van der Waals surface area contributed by atoms with Gasteiger partial charge < -0.3 is 10.1 Å². The normalized spacial score (nSPS) is 15.1. The van der Waals surface area contributed by atoms with Crippen LogP contribution in [0.2, 0.25) is 0 Å². The lowest BCUT2D eigenvalue weighted by Gasteiger charge is -2.11. The highest BCUT2D eigenvalue weighted by molar-refractivity contribution is 5.39. The first-order valence-corrected chi connectivity index (χ1v) is 6.22. The number of rotatable bonds is 6. The molecule has 0 heterocycles. The maximum Gasteiger partial charge on any atom is 0.119 e. The van der Waals surface area contributed by atoms with Gasteiger partial charge in [-0.05, 0) is 55.0 Å². The Bertz CT molecular complexity index is 345. The van der Waals surface area contributed by atoms with Gasteiger partial charge in [0, 0.05) is 6.54 Å². The lowest BCUT2D eigenvalue weighted by Crippen LogP contribution is -2.15. The van der Waals surface area contributed by atoms with E-state index in [4.69, 9.17) is 4.74 Å². The monoisotopic (exact) mass is 219 g/mol. The third-order valence-electron chi connectivity index (χ3n) is 3.11. The Morgan fingerprint density at radius 1 is 1.38 bits per heavy atom. The molecule has 0 saturated heterocycles. The quantitative estimate of drug-likeness (QED) is 0.742. The predicted molar refractivity (Wildman–Crippen MR) is 67.0 cm³/mol. The lowest BCUT2D eigenvalue weighted by molar-refractivity contribution is 0.414. The van der Waals surface area contributed by atoms with Crippen molar-refractivity contribution in [2.24, 2.45) is 0 Å². The molecular weight excluding hydrogens is 198 g/mol. The molecule has 88 valence electrons. The van der Waals surface area contributed by atoms with E-state index in [-0.39, 0.29) is 0 Å². The molecule has 0 spiro atoms. The number of nitrogens with one attached hydrogen (secondary N) is 1. The zero-order valence-corrected chi connectivity index (χ0v) is 10.3. The highest BCUT2D eigenvalue weighted by Gasteiger charge is 2.25. The smallest absolute Gasteiger partial charge is 0.119 e. The third kappa shape index (κ3) is 2.76. The molecule has 0 amide bonds. The standard InChI is InChI=1S/C14H21NO/c1-3-8-15-10-12-9-13(16-2)6-7-14(12)11-4-5-11/h6-7,9,11,15H,3-5,8,10H2,1-2H3. The van der Waals surface area contributed by atoms with E-state index in [1.54, 1.807) is 7.11 Å². The van der Waals surface area contributed by atoms with Crippen molar-refractivity contribution >= 4 is 0 Å². The highest BCUT2D eigenvalue weighted by atomic mass is 16.5. The number of hydrogen-bond donors (Lipinski definition) is 1. The van der Waals surface area contributed by atoms with E-state index in [9.17, 15) is 0 Å². The van der Waals surface area contributed by atoms with Gasteiger partial charge in [0.2, 0.25) is 0 Å². The fourth-order valence-electron chi connectivity index (χ4n) is 2.05. The van der Waals surface area contributed by atoms with Gasteiger partial charge in [-0.3, -0.25) is 0 Å². The molecule has 2 rings (SSSR count). The summed E-state index contributed by atoms with van der Waals surface area (Å²) in [6, 6.07) is 6.49. The van der Waals surface area contributed by atoms with Gasteiger partial charge in [0.15, 0.2) is 0 Å². The molecule has 2 nitrogen and oxygen atoms in total. The molecule has 1 N–H and O–H groups in total. The Hall–Kier alpha value is -1.02. The summed E-state index contributed by atoms with van der Waals surface area (Å²) in [4.78, 5) is 0. The first-order valence-electron chi connectivity index (χ1n) is 6.22. The second-order valence-electron chi connectivity index (χ2n) is 4.52. The van der Waals surface area contributed by atoms with Crippen LogP contribution in [0.3, 0.4) is 0 Å². The van der Waals surface area contributed by atoms with Gasteiger partial charge in [-0.15, -0.1) is 0 Å². The van der Waals surface area contributed by atoms with Crippen LogP contribution in [0.15, 0.2) is 18.2 Å². The minimum Gasteiger partial charge on any atom is -0.497 e. The van der Waals surface area contributed by atoms with Crippen LogP contribution in [0.4, 0.5) is 0 Å². The lowest BCUT2D eigenvalue weighted by atomic mass is 10.0. The fraction of sp³-hybridized carbons (Fsp3) is 0.571. The van der Waals surface area contributed by atoms with E-state index in [2.05, 4.69) is 30.4 Å². The summed E-state index contributed by atoms with van der Waals surface area (Å²) in [5, 5.41) is 3.47. The van der Waals surface area contributed by atoms with E-state index in [1.165, 1.54) is 30.4 Å². The third-order valence-corrected chi connectivity index (χ3v) is 3.11. The van der Waals surface area contributed by atoms with Crippen molar-refractivity contribution in [2.45, 2.75) is 38.6 Å². The van der Waals surface area contributed by atoms with Crippen LogP contribution in [0.1, 0.15) is 43.2 Å². The summed E-state index contributed by atoms with van der Waals surface area (Å²) >= 11 is 0. The second-order valence-corrected chi connectivity index (χ2v) is 4.52. The molecule has 1 aliphatic carbocycles. The van der Waals surface area contributed by atoms with Crippen molar-refractivity contribution in [3.8, 4) is 5.75 Å². The molecule has 0 radical (unpaired) electrons. The number of benzene rings is 1. The van der Waals surface area contributed by atoms with Crippen molar-refractivity contribution in [3.63, 3.8) is 0 Å². The first-order chi connectivity index (χ1) is 7.85. The van der Waals surface area contributed by atoms with Crippen LogP contribution in [0.25, 0.3) is 0 Å². The van der Waals surface area contributed by atoms with Gasteiger partial charge in [-0.25, -0.2) is 0 Å². The molecule has 1 aromatic carbocycles. The molecule has 1 saturated carbocycles. The Morgan fingerprint density at radius 3 is 2.81 bits per heavy atom. The summed E-state index contributed by atoms with van der Waals surface area (Å²) in [6.07, 6.45) is 3.89. The van der Waals surface area contributed by atoms with Crippen molar-refractivity contribution in [1.82, 2.24) is 5.32 Å². The Labute approximate surface area is 98.0 Å². The molecule has 16 heavy (non-hydrogen) atoms. The molecule has 1 fully saturated rings. The second kappa shape index (κ2) is 5.35. The van der Waals surface area contributed by atoms with E-state index in [0.717, 1.165) is 24.8 Å². The molecular formula is C14H21NO. The maximum atomic E-state index is 5.29.